The van der Waals surface area contributed by atoms with Crippen LogP contribution in [0.4, 0.5) is 0 Å². The first-order valence-corrected chi connectivity index (χ1v) is 6.20. The first kappa shape index (κ1) is 12.2. The molecule has 0 fully saturated rings. The summed E-state index contributed by atoms with van der Waals surface area (Å²) in [5.41, 5.74) is 1.24. The van der Waals surface area contributed by atoms with E-state index in [0.717, 1.165) is 13.0 Å². The zero-order chi connectivity index (χ0) is 11.1. The van der Waals surface area contributed by atoms with Crippen LogP contribution < -0.4 is 10.6 Å². The topological polar surface area (TPSA) is 41.1 Å². The molecule has 0 saturated heterocycles. The van der Waals surface area contributed by atoms with Crippen LogP contribution in [0.15, 0.2) is 16.8 Å². The summed E-state index contributed by atoms with van der Waals surface area (Å²) in [6, 6.07) is 2.32. The van der Waals surface area contributed by atoms with Crippen LogP contribution in [0.3, 0.4) is 0 Å². The Hall–Kier alpha value is -0.870. The summed E-state index contributed by atoms with van der Waals surface area (Å²) in [4.78, 5) is 11.3. The van der Waals surface area contributed by atoms with Crippen molar-refractivity contribution < 1.29 is 4.79 Å². The molecule has 0 aliphatic heterocycles. The van der Waals surface area contributed by atoms with Gasteiger partial charge in [-0.15, -0.1) is 0 Å². The van der Waals surface area contributed by atoms with E-state index in [0.29, 0.717) is 6.54 Å². The number of hydrogen-bond acceptors (Lipinski definition) is 3. The molecule has 1 heterocycles. The van der Waals surface area contributed by atoms with E-state index in [4.69, 9.17) is 0 Å². The molecule has 1 atom stereocenters. The standard InChI is InChI=1S/C11H18N2OS/c1-3-5-12-11(14)7-13-9(2)10-4-6-15-8-10/h4,6,8-9,13H,3,5,7H2,1-2H3,(H,12,14). The second kappa shape index (κ2) is 6.58. The monoisotopic (exact) mass is 226 g/mol. The fourth-order valence-corrected chi connectivity index (χ4v) is 1.97. The minimum Gasteiger partial charge on any atom is -0.355 e. The Bertz CT molecular complexity index is 285. The largest absolute Gasteiger partial charge is 0.355 e. The van der Waals surface area contributed by atoms with Gasteiger partial charge in [-0.05, 0) is 35.7 Å². The van der Waals surface area contributed by atoms with Gasteiger partial charge in [0.15, 0.2) is 0 Å². The summed E-state index contributed by atoms with van der Waals surface area (Å²) in [6.45, 7) is 5.25. The third kappa shape index (κ3) is 4.44. The highest BCUT2D eigenvalue weighted by atomic mass is 32.1. The molecule has 1 amide bonds. The molecule has 0 bridgehead atoms. The predicted octanol–water partition coefficient (Wildman–Crippen LogP) is 1.92. The van der Waals surface area contributed by atoms with E-state index >= 15 is 0 Å². The van der Waals surface area contributed by atoms with Crippen LogP contribution in [-0.4, -0.2) is 19.0 Å². The van der Waals surface area contributed by atoms with Crippen LogP contribution in [0.5, 0.6) is 0 Å². The van der Waals surface area contributed by atoms with Gasteiger partial charge >= 0.3 is 0 Å². The molecule has 0 radical (unpaired) electrons. The summed E-state index contributed by atoms with van der Waals surface area (Å²) in [7, 11) is 0. The Morgan fingerprint density at radius 3 is 3.00 bits per heavy atom. The molecule has 0 aromatic carbocycles. The van der Waals surface area contributed by atoms with Gasteiger partial charge in [0.25, 0.3) is 0 Å². The number of hydrogen-bond donors (Lipinski definition) is 2. The van der Waals surface area contributed by atoms with E-state index in [9.17, 15) is 4.79 Å². The lowest BCUT2D eigenvalue weighted by Crippen LogP contribution is -2.35. The smallest absolute Gasteiger partial charge is 0.233 e. The van der Waals surface area contributed by atoms with E-state index in [1.807, 2.05) is 12.3 Å². The maximum absolute atomic E-state index is 11.3. The molecular weight excluding hydrogens is 208 g/mol. The highest BCUT2D eigenvalue weighted by Gasteiger charge is 2.06. The molecule has 0 aliphatic rings. The van der Waals surface area contributed by atoms with Crippen molar-refractivity contribution in [3.05, 3.63) is 22.4 Å². The van der Waals surface area contributed by atoms with Crippen molar-refractivity contribution in [1.29, 1.82) is 0 Å². The molecule has 2 N–H and O–H groups in total. The van der Waals surface area contributed by atoms with Crippen LogP contribution in [0.1, 0.15) is 31.9 Å². The molecule has 0 aliphatic carbocycles. The van der Waals surface area contributed by atoms with Gasteiger partial charge in [-0.25, -0.2) is 0 Å². The number of rotatable bonds is 6. The minimum atomic E-state index is 0.0685. The van der Waals surface area contributed by atoms with E-state index in [-0.39, 0.29) is 11.9 Å². The van der Waals surface area contributed by atoms with Crippen molar-refractivity contribution in [3.63, 3.8) is 0 Å². The zero-order valence-electron chi connectivity index (χ0n) is 9.25. The zero-order valence-corrected chi connectivity index (χ0v) is 10.1. The average molecular weight is 226 g/mol. The Labute approximate surface area is 94.9 Å². The molecule has 1 aromatic heterocycles. The van der Waals surface area contributed by atoms with Crippen molar-refractivity contribution >= 4 is 17.2 Å². The predicted molar refractivity (Wildman–Crippen MR) is 64.0 cm³/mol. The molecule has 1 rings (SSSR count). The van der Waals surface area contributed by atoms with E-state index in [1.54, 1.807) is 11.3 Å². The van der Waals surface area contributed by atoms with E-state index in [1.165, 1.54) is 5.56 Å². The van der Waals surface area contributed by atoms with Crippen molar-refractivity contribution in [2.45, 2.75) is 26.3 Å². The third-order valence-corrected chi connectivity index (χ3v) is 2.89. The van der Waals surface area contributed by atoms with Gasteiger partial charge in [0.1, 0.15) is 0 Å². The lowest BCUT2D eigenvalue weighted by molar-refractivity contribution is -0.120. The molecule has 0 spiro atoms. The van der Waals surface area contributed by atoms with Crippen LogP contribution in [-0.2, 0) is 4.79 Å². The summed E-state index contributed by atoms with van der Waals surface area (Å²) in [6.07, 6.45) is 0.978. The summed E-state index contributed by atoms with van der Waals surface area (Å²) < 4.78 is 0. The van der Waals surface area contributed by atoms with Crippen molar-refractivity contribution in [3.8, 4) is 0 Å². The number of amides is 1. The summed E-state index contributed by atoms with van der Waals surface area (Å²) >= 11 is 1.68. The van der Waals surface area contributed by atoms with E-state index in [2.05, 4.69) is 29.0 Å². The van der Waals surface area contributed by atoms with Crippen LogP contribution >= 0.6 is 11.3 Å². The second-order valence-corrected chi connectivity index (χ2v) is 4.29. The number of thiophene rings is 1. The molecule has 1 aromatic rings. The Morgan fingerprint density at radius 2 is 2.40 bits per heavy atom. The number of carbonyl (C=O) groups excluding carboxylic acids is 1. The number of nitrogens with one attached hydrogen (secondary N) is 2. The first-order chi connectivity index (χ1) is 7.24. The van der Waals surface area contributed by atoms with Gasteiger partial charge in [0.05, 0.1) is 6.54 Å². The summed E-state index contributed by atoms with van der Waals surface area (Å²) in [5, 5.41) is 10.2. The molecular formula is C11H18N2OS. The quantitative estimate of drug-likeness (QED) is 0.778. The van der Waals surface area contributed by atoms with Gasteiger partial charge in [0.2, 0.25) is 5.91 Å². The first-order valence-electron chi connectivity index (χ1n) is 5.26. The molecule has 0 saturated carbocycles. The maximum atomic E-state index is 11.3. The molecule has 15 heavy (non-hydrogen) atoms. The van der Waals surface area contributed by atoms with Gasteiger partial charge in [-0.1, -0.05) is 6.92 Å². The lowest BCUT2D eigenvalue weighted by atomic mass is 10.2. The van der Waals surface area contributed by atoms with Gasteiger partial charge in [0, 0.05) is 12.6 Å². The SMILES string of the molecule is CCCNC(=O)CNC(C)c1ccsc1. The normalized spacial score (nSPS) is 12.4. The van der Waals surface area contributed by atoms with Crippen LogP contribution in [0.2, 0.25) is 0 Å². The Balaban J connectivity index is 2.22. The van der Waals surface area contributed by atoms with Crippen LogP contribution in [0.25, 0.3) is 0 Å². The molecule has 3 nitrogen and oxygen atoms in total. The summed E-state index contributed by atoms with van der Waals surface area (Å²) in [5.74, 6) is 0.0685. The molecule has 84 valence electrons. The highest BCUT2D eigenvalue weighted by Crippen LogP contribution is 2.14. The van der Waals surface area contributed by atoms with Crippen LogP contribution in [0, 0.1) is 0 Å². The minimum absolute atomic E-state index is 0.0685. The highest BCUT2D eigenvalue weighted by molar-refractivity contribution is 7.07. The third-order valence-electron chi connectivity index (χ3n) is 2.18. The average Bonchev–Trinajstić information content (AvgIpc) is 2.76. The Morgan fingerprint density at radius 1 is 1.60 bits per heavy atom. The number of carbonyl (C=O) groups is 1. The van der Waals surface area contributed by atoms with Crippen molar-refractivity contribution in [2.75, 3.05) is 13.1 Å². The fraction of sp³-hybridized carbons (Fsp3) is 0.545. The van der Waals surface area contributed by atoms with Gasteiger partial charge < -0.3 is 10.6 Å². The van der Waals surface area contributed by atoms with Crippen molar-refractivity contribution in [2.24, 2.45) is 0 Å². The van der Waals surface area contributed by atoms with Gasteiger partial charge in [-0.3, -0.25) is 4.79 Å². The van der Waals surface area contributed by atoms with Crippen molar-refractivity contribution in [1.82, 2.24) is 10.6 Å². The van der Waals surface area contributed by atoms with E-state index < -0.39 is 0 Å². The molecule has 1 unspecified atom stereocenters. The van der Waals surface area contributed by atoms with Gasteiger partial charge in [-0.2, -0.15) is 11.3 Å². The maximum Gasteiger partial charge on any atom is 0.233 e. The molecule has 4 heteroatoms. The lowest BCUT2D eigenvalue weighted by Gasteiger charge is -2.12. The Kier molecular flexibility index (Phi) is 5.36. The fourth-order valence-electron chi connectivity index (χ4n) is 1.21. The second-order valence-electron chi connectivity index (χ2n) is 3.51.